The van der Waals surface area contributed by atoms with Crippen LogP contribution in [0.5, 0.6) is 5.75 Å². The number of amides is 2. The molecule has 126 valence electrons. The number of carbonyl (C=O) groups is 2. The van der Waals surface area contributed by atoms with Crippen LogP contribution in [0.1, 0.15) is 21.5 Å². The zero-order valence-electron chi connectivity index (χ0n) is 14.4. The van der Waals surface area contributed by atoms with Crippen LogP contribution in [-0.4, -0.2) is 37.4 Å². The lowest BCUT2D eigenvalue weighted by molar-refractivity contribution is -0.118. The van der Waals surface area contributed by atoms with Crippen LogP contribution in [0.2, 0.25) is 0 Å². The summed E-state index contributed by atoms with van der Waals surface area (Å²) in [4.78, 5) is 25.3. The minimum atomic E-state index is -0.250. The molecule has 24 heavy (non-hydrogen) atoms. The van der Waals surface area contributed by atoms with Crippen LogP contribution in [0.4, 0.5) is 5.69 Å². The molecule has 0 fully saturated rings. The van der Waals surface area contributed by atoms with Gasteiger partial charge in [0.05, 0.1) is 0 Å². The molecule has 0 atom stereocenters. The fourth-order valence-electron chi connectivity index (χ4n) is 2.10. The zero-order chi connectivity index (χ0) is 17.7. The van der Waals surface area contributed by atoms with Crippen molar-refractivity contribution in [1.29, 1.82) is 0 Å². The van der Waals surface area contributed by atoms with E-state index in [9.17, 15) is 9.59 Å². The molecular weight excluding hydrogens is 304 g/mol. The molecule has 5 heteroatoms. The van der Waals surface area contributed by atoms with E-state index in [0.29, 0.717) is 17.0 Å². The number of rotatable bonds is 5. The Hall–Kier alpha value is -2.82. The molecule has 0 radical (unpaired) electrons. The quantitative estimate of drug-likeness (QED) is 0.919. The van der Waals surface area contributed by atoms with Crippen LogP contribution in [0, 0.1) is 13.8 Å². The van der Waals surface area contributed by atoms with Crippen LogP contribution in [0.3, 0.4) is 0 Å². The molecule has 0 bridgehead atoms. The molecular formula is C19H22N2O3. The monoisotopic (exact) mass is 326 g/mol. The standard InChI is InChI=1S/C19H22N2O3/c1-13-5-10-17(11-14(13)2)24-12-18(22)20-16-8-6-15(7-9-16)19(23)21(3)4/h5-11H,12H2,1-4H3,(H,20,22). The number of aryl methyl sites for hydroxylation is 2. The van der Waals surface area contributed by atoms with Crippen molar-refractivity contribution in [2.24, 2.45) is 0 Å². The summed E-state index contributed by atoms with van der Waals surface area (Å²) in [5, 5.41) is 2.74. The van der Waals surface area contributed by atoms with Gasteiger partial charge >= 0.3 is 0 Å². The second kappa shape index (κ2) is 7.64. The molecule has 1 N–H and O–H groups in total. The van der Waals surface area contributed by atoms with E-state index >= 15 is 0 Å². The van der Waals surface area contributed by atoms with Gasteiger partial charge in [0.1, 0.15) is 5.75 Å². The molecule has 5 nitrogen and oxygen atoms in total. The number of carbonyl (C=O) groups excluding carboxylic acids is 2. The summed E-state index contributed by atoms with van der Waals surface area (Å²) in [5.74, 6) is 0.339. The molecule has 2 aromatic carbocycles. The Morgan fingerprint density at radius 1 is 1.00 bits per heavy atom. The summed E-state index contributed by atoms with van der Waals surface area (Å²) in [6.45, 7) is 3.95. The Bertz CT molecular complexity index is 737. The van der Waals surface area contributed by atoms with E-state index in [1.165, 1.54) is 10.5 Å². The number of nitrogens with one attached hydrogen (secondary N) is 1. The fourth-order valence-corrected chi connectivity index (χ4v) is 2.10. The highest BCUT2D eigenvalue weighted by Crippen LogP contribution is 2.16. The molecule has 0 saturated carbocycles. The number of hydrogen-bond acceptors (Lipinski definition) is 3. The van der Waals surface area contributed by atoms with E-state index in [1.54, 1.807) is 38.4 Å². The van der Waals surface area contributed by atoms with Gasteiger partial charge in [0.15, 0.2) is 6.61 Å². The fraction of sp³-hybridized carbons (Fsp3) is 0.263. The summed E-state index contributed by atoms with van der Waals surface area (Å²) >= 11 is 0. The van der Waals surface area contributed by atoms with E-state index in [2.05, 4.69) is 5.32 Å². The Labute approximate surface area is 142 Å². The third kappa shape index (κ3) is 4.59. The van der Waals surface area contributed by atoms with E-state index in [1.807, 2.05) is 32.0 Å². The van der Waals surface area contributed by atoms with Gasteiger partial charge in [-0.05, 0) is 61.4 Å². The molecule has 0 aromatic heterocycles. The second-order valence-electron chi connectivity index (χ2n) is 5.86. The predicted octanol–water partition coefficient (Wildman–Crippen LogP) is 3.02. The van der Waals surface area contributed by atoms with E-state index in [-0.39, 0.29) is 18.4 Å². The summed E-state index contributed by atoms with van der Waals surface area (Å²) in [6, 6.07) is 12.5. The van der Waals surface area contributed by atoms with Crippen LogP contribution < -0.4 is 10.1 Å². The van der Waals surface area contributed by atoms with Crippen molar-refractivity contribution in [3.05, 3.63) is 59.2 Å². The van der Waals surface area contributed by atoms with Crippen molar-refractivity contribution in [3.63, 3.8) is 0 Å². The first-order chi connectivity index (χ1) is 11.4. The average molecular weight is 326 g/mol. The smallest absolute Gasteiger partial charge is 0.262 e. The number of nitrogens with zero attached hydrogens (tertiary/aromatic N) is 1. The van der Waals surface area contributed by atoms with Crippen LogP contribution in [0.15, 0.2) is 42.5 Å². The number of hydrogen-bond donors (Lipinski definition) is 1. The minimum absolute atomic E-state index is 0.0686. The zero-order valence-corrected chi connectivity index (χ0v) is 14.4. The van der Waals surface area contributed by atoms with Crippen molar-refractivity contribution < 1.29 is 14.3 Å². The maximum atomic E-state index is 12.0. The number of anilines is 1. The largest absolute Gasteiger partial charge is 0.484 e. The van der Waals surface area contributed by atoms with E-state index in [0.717, 1.165) is 5.56 Å². The van der Waals surface area contributed by atoms with Crippen LogP contribution >= 0.6 is 0 Å². The van der Waals surface area contributed by atoms with E-state index in [4.69, 9.17) is 4.74 Å². The lowest BCUT2D eigenvalue weighted by atomic mass is 10.1. The van der Waals surface area contributed by atoms with E-state index < -0.39 is 0 Å². The SMILES string of the molecule is Cc1ccc(OCC(=O)Nc2ccc(C(=O)N(C)C)cc2)cc1C. The van der Waals surface area contributed by atoms with Crippen molar-refractivity contribution in [3.8, 4) is 5.75 Å². The molecule has 0 saturated heterocycles. The maximum Gasteiger partial charge on any atom is 0.262 e. The third-order valence-electron chi connectivity index (χ3n) is 3.67. The number of ether oxygens (including phenoxy) is 1. The molecule has 0 heterocycles. The predicted molar refractivity (Wildman–Crippen MR) is 94.5 cm³/mol. The van der Waals surface area contributed by atoms with Crippen molar-refractivity contribution in [2.75, 3.05) is 26.0 Å². The van der Waals surface area contributed by atoms with Crippen molar-refractivity contribution in [2.45, 2.75) is 13.8 Å². The molecule has 0 aliphatic rings. The average Bonchev–Trinajstić information content (AvgIpc) is 2.56. The lowest BCUT2D eigenvalue weighted by Crippen LogP contribution is -2.22. The first-order valence-corrected chi connectivity index (χ1v) is 7.68. The highest BCUT2D eigenvalue weighted by Gasteiger charge is 2.09. The number of benzene rings is 2. The third-order valence-corrected chi connectivity index (χ3v) is 3.67. The molecule has 0 aliphatic heterocycles. The Balaban J connectivity index is 1.90. The van der Waals surface area contributed by atoms with Gasteiger partial charge in [-0.1, -0.05) is 6.07 Å². The Kier molecular flexibility index (Phi) is 5.58. The maximum absolute atomic E-state index is 12.0. The van der Waals surface area contributed by atoms with Crippen LogP contribution in [-0.2, 0) is 4.79 Å². The summed E-state index contributed by atoms with van der Waals surface area (Å²) < 4.78 is 5.50. The molecule has 0 unspecified atom stereocenters. The molecule has 0 aliphatic carbocycles. The van der Waals surface area contributed by atoms with Crippen molar-refractivity contribution in [1.82, 2.24) is 4.90 Å². The van der Waals surface area contributed by atoms with Crippen molar-refractivity contribution >= 4 is 17.5 Å². The highest BCUT2D eigenvalue weighted by atomic mass is 16.5. The first kappa shape index (κ1) is 17.5. The summed E-state index contributed by atoms with van der Waals surface area (Å²) in [6.07, 6.45) is 0. The van der Waals surface area contributed by atoms with Gasteiger partial charge in [0.25, 0.3) is 11.8 Å². The van der Waals surface area contributed by atoms with Gasteiger partial charge in [-0.25, -0.2) is 0 Å². The normalized spacial score (nSPS) is 10.2. The second-order valence-corrected chi connectivity index (χ2v) is 5.86. The molecule has 2 aromatic rings. The first-order valence-electron chi connectivity index (χ1n) is 7.68. The van der Waals surface area contributed by atoms with Gasteiger partial charge in [-0.15, -0.1) is 0 Å². The highest BCUT2D eigenvalue weighted by molar-refractivity contribution is 5.95. The van der Waals surface area contributed by atoms with Gasteiger partial charge in [0.2, 0.25) is 0 Å². The Morgan fingerprint density at radius 2 is 1.67 bits per heavy atom. The Morgan fingerprint density at radius 3 is 2.25 bits per heavy atom. The lowest BCUT2D eigenvalue weighted by Gasteiger charge is -2.11. The molecule has 2 rings (SSSR count). The van der Waals surface area contributed by atoms with Gasteiger partial charge in [-0.2, -0.15) is 0 Å². The molecule has 0 spiro atoms. The summed E-state index contributed by atoms with van der Waals surface area (Å²) in [5.41, 5.74) is 3.50. The van der Waals surface area contributed by atoms with Crippen LogP contribution in [0.25, 0.3) is 0 Å². The summed E-state index contributed by atoms with van der Waals surface area (Å²) in [7, 11) is 3.39. The minimum Gasteiger partial charge on any atom is -0.484 e. The van der Waals surface area contributed by atoms with Gasteiger partial charge in [0, 0.05) is 25.3 Å². The topological polar surface area (TPSA) is 58.6 Å². The van der Waals surface area contributed by atoms with Gasteiger partial charge in [-0.3, -0.25) is 9.59 Å². The molecule has 2 amide bonds. The van der Waals surface area contributed by atoms with Gasteiger partial charge < -0.3 is 15.0 Å².